The fraction of sp³-hybridized carbons (Fsp3) is 0.316. The maximum atomic E-state index is 12.4. The minimum atomic E-state index is -4.81. The van der Waals surface area contributed by atoms with Crippen LogP contribution in [0.4, 0.5) is 13.2 Å². The number of halogens is 3. The molecule has 140 valence electrons. The molecule has 2 rings (SSSR count). The van der Waals surface area contributed by atoms with Gasteiger partial charge in [-0.2, -0.15) is 0 Å². The van der Waals surface area contributed by atoms with Crippen molar-refractivity contribution in [3.63, 3.8) is 0 Å². The molecule has 0 amide bonds. The second-order valence-corrected chi connectivity index (χ2v) is 6.60. The highest BCUT2D eigenvalue weighted by Crippen LogP contribution is 2.31. The van der Waals surface area contributed by atoms with Crippen LogP contribution in [0.3, 0.4) is 0 Å². The molecule has 0 bridgehead atoms. The van der Waals surface area contributed by atoms with Crippen LogP contribution >= 0.6 is 0 Å². The Labute approximate surface area is 149 Å². The molecule has 2 aromatic rings. The van der Waals surface area contributed by atoms with Crippen molar-refractivity contribution >= 4 is 5.97 Å². The fourth-order valence-electron chi connectivity index (χ4n) is 2.28. The van der Waals surface area contributed by atoms with Gasteiger partial charge in [-0.15, -0.1) is 13.2 Å². The highest BCUT2D eigenvalue weighted by molar-refractivity contribution is 5.90. The van der Waals surface area contributed by atoms with E-state index < -0.39 is 17.9 Å². The Kier molecular flexibility index (Phi) is 5.61. The standard InChI is InChI=1S/C19H19F3O4/c1-18(2,3)26-17(24)13-6-4-12(5-7-13)16-10-15(25-19(20,21)22)9-8-14(16)11-23/h4-10,23H,11H2,1-3H3. The predicted molar refractivity (Wildman–Crippen MR) is 89.7 cm³/mol. The van der Waals surface area contributed by atoms with Crippen molar-refractivity contribution < 1.29 is 32.5 Å². The zero-order valence-electron chi connectivity index (χ0n) is 14.6. The number of benzene rings is 2. The zero-order chi connectivity index (χ0) is 19.5. The maximum absolute atomic E-state index is 12.4. The van der Waals surface area contributed by atoms with Gasteiger partial charge < -0.3 is 14.6 Å². The van der Waals surface area contributed by atoms with E-state index in [2.05, 4.69) is 4.74 Å². The molecule has 26 heavy (non-hydrogen) atoms. The zero-order valence-corrected chi connectivity index (χ0v) is 14.6. The number of carbonyl (C=O) groups excluding carboxylic acids is 1. The second kappa shape index (κ2) is 7.37. The quantitative estimate of drug-likeness (QED) is 0.795. The molecule has 0 aliphatic rings. The Hall–Kier alpha value is -2.54. The minimum absolute atomic E-state index is 0.317. The van der Waals surface area contributed by atoms with Crippen molar-refractivity contribution in [1.82, 2.24) is 0 Å². The van der Waals surface area contributed by atoms with Gasteiger partial charge in [0.15, 0.2) is 0 Å². The molecule has 0 aromatic heterocycles. The molecular weight excluding hydrogens is 349 g/mol. The van der Waals surface area contributed by atoms with Crippen LogP contribution < -0.4 is 4.74 Å². The Bertz CT molecular complexity index is 775. The number of hydrogen-bond acceptors (Lipinski definition) is 4. The number of rotatable bonds is 4. The Morgan fingerprint density at radius 3 is 2.15 bits per heavy atom. The molecule has 4 nitrogen and oxygen atoms in total. The average Bonchev–Trinajstić information content (AvgIpc) is 2.52. The van der Waals surface area contributed by atoms with Crippen LogP contribution in [-0.4, -0.2) is 23.0 Å². The van der Waals surface area contributed by atoms with E-state index >= 15 is 0 Å². The third-order valence-electron chi connectivity index (χ3n) is 3.32. The first-order chi connectivity index (χ1) is 12.0. The summed E-state index contributed by atoms with van der Waals surface area (Å²) in [6, 6.07) is 9.87. The number of carbonyl (C=O) groups is 1. The van der Waals surface area contributed by atoms with Gasteiger partial charge in [-0.25, -0.2) is 4.79 Å². The Morgan fingerprint density at radius 2 is 1.65 bits per heavy atom. The van der Waals surface area contributed by atoms with Crippen molar-refractivity contribution in [1.29, 1.82) is 0 Å². The number of ether oxygens (including phenoxy) is 2. The largest absolute Gasteiger partial charge is 0.573 e. The third-order valence-corrected chi connectivity index (χ3v) is 3.32. The van der Waals surface area contributed by atoms with Crippen LogP contribution in [0.1, 0.15) is 36.7 Å². The van der Waals surface area contributed by atoms with Crippen LogP contribution in [0, 0.1) is 0 Å². The number of alkyl halides is 3. The van der Waals surface area contributed by atoms with E-state index in [1.165, 1.54) is 24.3 Å². The molecule has 0 fully saturated rings. The lowest BCUT2D eigenvalue weighted by Crippen LogP contribution is -2.23. The fourth-order valence-corrected chi connectivity index (χ4v) is 2.28. The summed E-state index contributed by atoms with van der Waals surface area (Å²) in [5.74, 6) is -0.887. The van der Waals surface area contributed by atoms with Gasteiger partial charge in [0.05, 0.1) is 12.2 Å². The van der Waals surface area contributed by atoms with Gasteiger partial charge in [-0.1, -0.05) is 18.2 Å². The molecule has 0 atom stereocenters. The number of hydrogen-bond donors (Lipinski definition) is 1. The molecule has 0 saturated heterocycles. The van der Waals surface area contributed by atoms with Gasteiger partial charge in [-0.05, 0) is 61.7 Å². The summed E-state index contributed by atoms with van der Waals surface area (Å²) in [5, 5.41) is 9.44. The van der Waals surface area contributed by atoms with Gasteiger partial charge in [0.1, 0.15) is 11.4 Å². The van der Waals surface area contributed by atoms with E-state index in [0.29, 0.717) is 22.3 Å². The molecule has 7 heteroatoms. The first-order valence-electron chi connectivity index (χ1n) is 7.82. The van der Waals surface area contributed by atoms with Gasteiger partial charge >= 0.3 is 12.3 Å². The van der Waals surface area contributed by atoms with E-state index in [1.54, 1.807) is 32.9 Å². The van der Waals surface area contributed by atoms with Crippen molar-refractivity contribution in [2.75, 3.05) is 0 Å². The molecule has 1 N–H and O–H groups in total. The van der Waals surface area contributed by atoms with Gasteiger partial charge in [0, 0.05) is 0 Å². The van der Waals surface area contributed by atoms with E-state index in [1.807, 2.05) is 0 Å². The molecule has 0 aliphatic heterocycles. The molecule has 0 saturated carbocycles. The SMILES string of the molecule is CC(C)(C)OC(=O)c1ccc(-c2cc(OC(F)(F)F)ccc2CO)cc1. The van der Waals surface area contributed by atoms with Crippen molar-refractivity contribution in [3.8, 4) is 16.9 Å². The molecule has 0 heterocycles. The predicted octanol–water partition coefficient (Wildman–Crippen LogP) is 4.70. The van der Waals surface area contributed by atoms with Gasteiger partial charge in [0.2, 0.25) is 0 Å². The van der Waals surface area contributed by atoms with E-state index in [0.717, 1.165) is 6.07 Å². The number of aliphatic hydroxyl groups excluding tert-OH is 1. The molecule has 0 spiro atoms. The van der Waals surface area contributed by atoms with Crippen LogP contribution in [-0.2, 0) is 11.3 Å². The first kappa shape index (κ1) is 19.8. The summed E-state index contributed by atoms with van der Waals surface area (Å²) in [7, 11) is 0. The smallest absolute Gasteiger partial charge is 0.456 e. The van der Waals surface area contributed by atoms with E-state index in [4.69, 9.17) is 4.74 Å². The molecule has 0 unspecified atom stereocenters. The van der Waals surface area contributed by atoms with E-state index in [-0.39, 0.29) is 12.4 Å². The summed E-state index contributed by atoms with van der Waals surface area (Å²) in [4.78, 5) is 12.0. The van der Waals surface area contributed by atoms with Crippen LogP contribution in [0.25, 0.3) is 11.1 Å². The van der Waals surface area contributed by atoms with Crippen molar-refractivity contribution in [2.45, 2.75) is 39.3 Å². The first-order valence-corrected chi connectivity index (χ1v) is 7.82. The number of aliphatic hydroxyl groups is 1. The Morgan fingerprint density at radius 1 is 1.04 bits per heavy atom. The monoisotopic (exact) mass is 368 g/mol. The topological polar surface area (TPSA) is 55.8 Å². The summed E-state index contributed by atoms with van der Waals surface area (Å²) >= 11 is 0. The van der Waals surface area contributed by atoms with Gasteiger partial charge in [0.25, 0.3) is 0 Å². The second-order valence-electron chi connectivity index (χ2n) is 6.60. The minimum Gasteiger partial charge on any atom is -0.456 e. The average molecular weight is 368 g/mol. The molecule has 0 aliphatic carbocycles. The Balaban J connectivity index is 2.32. The highest BCUT2D eigenvalue weighted by Gasteiger charge is 2.31. The summed E-state index contributed by atoms with van der Waals surface area (Å²) in [6.45, 7) is 4.90. The van der Waals surface area contributed by atoms with Crippen LogP contribution in [0.5, 0.6) is 5.75 Å². The molecular formula is C19H19F3O4. The van der Waals surface area contributed by atoms with Crippen molar-refractivity contribution in [3.05, 3.63) is 53.6 Å². The molecule has 0 radical (unpaired) electrons. The van der Waals surface area contributed by atoms with E-state index in [9.17, 15) is 23.1 Å². The van der Waals surface area contributed by atoms with Crippen LogP contribution in [0.15, 0.2) is 42.5 Å². The lowest BCUT2D eigenvalue weighted by molar-refractivity contribution is -0.274. The third kappa shape index (κ3) is 5.49. The summed E-state index contributed by atoms with van der Waals surface area (Å²) < 4.78 is 46.4. The van der Waals surface area contributed by atoms with Gasteiger partial charge in [-0.3, -0.25) is 0 Å². The summed E-state index contributed by atoms with van der Waals surface area (Å²) in [5.41, 5.74) is 1.03. The number of esters is 1. The molecule has 2 aromatic carbocycles. The highest BCUT2D eigenvalue weighted by atomic mass is 19.4. The van der Waals surface area contributed by atoms with Crippen molar-refractivity contribution in [2.24, 2.45) is 0 Å². The normalized spacial score (nSPS) is 12.0. The summed E-state index contributed by atoms with van der Waals surface area (Å²) in [6.07, 6.45) is -4.81. The van der Waals surface area contributed by atoms with Crippen LogP contribution in [0.2, 0.25) is 0 Å². The lowest BCUT2D eigenvalue weighted by Gasteiger charge is -2.19. The maximum Gasteiger partial charge on any atom is 0.573 e. The lowest BCUT2D eigenvalue weighted by atomic mass is 9.98.